The number of phosphoric ester groups is 1. The summed E-state index contributed by atoms with van der Waals surface area (Å²) in [6, 6.07) is 0. The Bertz CT molecular complexity index is 1410. The van der Waals surface area contributed by atoms with Gasteiger partial charge in [0, 0.05) is 19.4 Å². The van der Waals surface area contributed by atoms with Crippen molar-refractivity contribution < 1.29 is 37.6 Å². The van der Waals surface area contributed by atoms with Gasteiger partial charge in [0.1, 0.15) is 6.61 Å². The quantitative estimate of drug-likeness (QED) is 0.0264. The number of esters is 2. The van der Waals surface area contributed by atoms with Gasteiger partial charge in [0.2, 0.25) is 0 Å². The Morgan fingerprint density at radius 2 is 0.590 bits per heavy atom. The van der Waals surface area contributed by atoms with Gasteiger partial charge in [-0.25, -0.2) is 4.57 Å². The molecule has 0 saturated carbocycles. The zero-order valence-corrected chi connectivity index (χ0v) is 56.4. The van der Waals surface area contributed by atoms with Crippen LogP contribution in [0.4, 0.5) is 0 Å². The standard InChI is InChI=1S/C73H142NO8P/c1-3-5-7-9-11-13-15-17-19-21-23-25-27-29-31-33-34-35-36-38-40-42-44-46-48-50-52-54-56-58-60-62-64-66-73(76)82-71(70-81-83(77,78)80-68-67-74)69-79-72(75)65-63-61-59-57-55-53-51-49-47-45-43-41-39-37-32-30-28-26-24-22-20-18-16-14-12-10-8-6-4-2/h21-24,71H,3-20,25-70,74H2,1-2H3,(H,77,78)/b23-21-,24-22-. The first kappa shape index (κ1) is 81.5. The van der Waals surface area contributed by atoms with Crippen molar-refractivity contribution in [2.24, 2.45) is 5.73 Å². The largest absolute Gasteiger partial charge is 0.472 e. The molecule has 9 nitrogen and oxygen atoms in total. The Kier molecular flexibility index (Phi) is 68.3. The van der Waals surface area contributed by atoms with Crippen LogP contribution < -0.4 is 5.73 Å². The van der Waals surface area contributed by atoms with Crippen LogP contribution in [0.1, 0.15) is 399 Å². The molecule has 0 rings (SSSR count). The normalized spacial score (nSPS) is 13.0. The van der Waals surface area contributed by atoms with Gasteiger partial charge in [0.15, 0.2) is 6.10 Å². The average Bonchev–Trinajstić information content (AvgIpc) is 3.49. The van der Waals surface area contributed by atoms with Crippen LogP contribution in [0.2, 0.25) is 0 Å². The highest BCUT2D eigenvalue weighted by Crippen LogP contribution is 2.43. The third-order valence-corrected chi connectivity index (χ3v) is 17.8. The van der Waals surface area contributed by atoms with Crippen LogP contribution in [0.25, 0.3) is 0 Å². The topological polar surface area (TPSA) is 134 Å². The summed E-state index contributed by atoms with van der Waals surface area (Å²) in [6.07, 6.45) is 85.8. The van der Waals surface area contributed by atoms with Gasteiger partial charge in [0.25, 0.3) is 0 Å². The van der Waals surface area contributed by atoms with E-state index >= 15 is 0 Å². The van der Waals surface area contributed by atoms with E-state index in [1.54, 1.807) is 0 Å². The SMILES string of the molecule is CCCCCCCCCC/C=C\CCCCCCCCCCCCCCCCCCCCCCCC(=O)OC(COC(=O)CCCCCCCCCCCCCCCCCCC/C=C\CCCCCCCCCC)COP(=O)(O)OCCN. The molecule has 10 heteroatoms. The Balaban J connectivity index is 3.79. The second-order valence-electron chi connectivity index (χ2n) is 25.2. The third kappa shape index (κ3) is 69.5. The maximum atomic E-state index is 12.8. The number of allylic oxidation sites excluding steroid dienone is 4. The van der Waals surface area contributed by atoms with Crippen molar-refractivity contribution in [1.29, 1.82) is 0 Å². The Morgan fingerprint density at radius 1 is 0.349 bits per heavy atom. The molecule has 0 bridgehead atoms. The Labute approximate surface area is 516 Å². The minimum Gasteiger partial charge on any atom is -0.462 e. The molecule has 3 N–H and O–H groups in total. The van der Waals surface area contributed by atoms with Gasteiger partial charge in [-0.15, -0.1) is 0 Å². The van der Waals surface area contributed by atoms with Crippen molar-refractivity contribution in [3.63, 3.8) is 0 Å². The molecule has 2 atom stereocenters. The van der Waals surface area contributed by atoms with Gasteiger partial charge in [0.05, 0.1) is 13.2 Å². The van der Waals surface area contributed by atoms with Crippen LogP contribution in [0.5, 0.6) is 0 Å². The summed E-state index contributed by atoms with van der Waals surface area (Å²) < 4.78 is 33.2. The fraction of sp³-hybridized carbons (Fsp3) is 0.918. The lowest BCUT2D eigenvalue weighted by Crippen LogP contribution is -2.29. The van der Waals surface area contributed by atoms with Gasteiger partial charge in [-0.1, -0.05) is 346 Å². The van der Waals surface area contributed by atoms with E-state index < -0.39 is 26.5 Å². The van der Waals surface area contributed by atoms with Crippen LogP contribution in [0.15, 0.2) is 24.3 Å². The average molecular weight is 1190 g/mol. The van der Waals surface area contributed by atoms with E-state index in [2.05, 4.69) is 38.2 Å². The second kappa shape index (κ2) is 69.6. The van der Waals surface area contributed by atoms with E-state index in [0.29, 0.717) is 6.42 Å². The molecule has 492 valence electrons. The fourth-order valence-electron chi connectivity index (χ4n) is 11.3. The zero-order chi connectivity index (χ0) is 60.1. The maximum absolute atomic E-state index is 12.8. The van der Waals surface area contributed by atoms with E-state index in [4.69, 9.17) is 24.3 Å². The first-order valence-corrected chi connectivity index (χ1v) is 38.3. The predicted molar refractivity (Wildman–Crippen MR) is 358 cm³/mol. The summed E-state index contributed by atoms with van der Waals surface area (Å²) in [5.41, 5.74) is 5.41. The van der Waals surface area contributed by atoms with E-state index in [-0.39, 0.29) is 38.6 Å². The van der Waals surface area contributed by atoms with Gasteiger partial charge < -0.3 is 20.1 Å². The summed E-state index contributed by atoms with van der Waals surface area (Å²) in [4.78, 5) is 35.4. The van der Waals surface area contributed by atoms with Crippen LogP contribution in [0.3, 0.4) is 0 Å². The lowest BCUT2D eigenvalue weighted by molar-refractivity contribution is -0.161. The number of hydrogen-bond acceptors (Lipinski definition) is 8. The minimum atomic E-state index is -4.39. The lowest BCUT2D eigenvalue weighted by Gasteiger charge is -2.19. The van der Waals surface area contributed by atoms with Gasteiger partial charge in [-0.05, 0) is 64.2 Å². The summed E-state index contributed by atoms with van der Waals surface area (Å²) in [7, 11) is -4.39. The van der Waals surface area contributed by atoms with Crippen LogP contribution in [-0.4, -0.2) is 49.3 Å². The molecule has 0 aromatic heterocycles. The van der Waals surface area contributed by atoms with Crippen LogP contribution in [0, 0.1) is 0 Å². The van der Waals surface area contributed by atoms with E-state index in [1.165, 1.54) is 334 Å². The minimum absolute atomic E-state index is 0.0569. The molecule has 0 aliphatic carbocycles. The molecule has 0 aliphatic heterocycles. The molecule has 0 fully saturated rings. The predicted octanol–water partition coefficient (Wildman–Crippen LogP) is 24.1. The van der Waals surface area contributed by atoms with Crippen LogP contribution >= 0.6 is 7.82 Å². The molecule has 0 radical (unpaired) electrons. The summed E-state index contributed by atoms with van der Waals surface area (Å²) in [5, 5.41) is 0. The summed E-state index contributed by atoms with van der Waals surface area (Å²) in [6.45, 7) is 3.83. The summed E-state index contributed by atoms with van der Waals surface area (Å²) >= 11 is 0. The summed E-state index contributed by atoms with van der Waals surface area (Å²) in [5.74, 6) is -0.802. The smallest absolute Gasteiger partial charge is 0.462 e. The number of ether oxygens (including phenoxy) is 2. The Morgan fingerprint density at radius 3 is 0.855 bits per heavy atom. The van der Waals surface area contributed by atoms with Crippen molar-refractivity contribution in [3.8, 4) is 0 Å². The number of nitrogens with two attached hydrogens (primary N) is 1. The van der Waals surface area contributed by atoms with Crippen molar-refractivity contribution in [2.75, 3.05) is 26.4 Å². The van der Waals surface area contributed by atoms with Crippen molar-refractivity contribution >= 4 is 19.8 Å². The van der Waals surface area contributed by atoms with Gasteiger partial charge in [-0.3, -0.25) is 18.6 Å². The van der Waals surface area contributed by atoms with E-state index in [0.717, 1.165) is 32.1 Å². The van der Waals surface area contributed by atoms with Gasteiger partial charge >= 0.3 is 19.8 Å². The molecule has 2 unspecified atom stereocenters. The maximum Gasteiger partial charge on any atom is 0.472 e. The molecule has 0 saturated heterocycles. The Hall–Kier alpha value is -1.51. The number of phosphoric acid groups is 1. The first-order chi connectivity index (χ1) is 40.8. The lowest BCUT2D eigenvalue weighted by atomic mass is 10.0. The molecule has 83 heavy (non-hydrogen) atoms. The monoisotopic (exact) mass is 1190 g/mol. The molecule has 0 heterocycles. The second-order valence-corrected chi connectivity index (χ2v) is 26.6. The highest BCUT2D eigenvalue weighted by molar-refractivity contribution is 7.47. The highest BCUT2D eigenvalue weighted by Gasteiger charge is 2.26. The first-order valence-electron chi connectivity index (χ1n) is 36.8. The van der Waals surface area contributed by atoms with Crippen LogP contribution in [-0.2, 0) is 32.7 Å². The molecule has 0 spiro atoms. The molecule has 0 aromatic rings. The number of carbonyl (C=O) groups is 2. The zero-order valence-electron chi connectivity index (χ0n) is 55.5. The highest BCUT2D eigenvalue weighted by atomic mass is 31.2. The molecular weight excluding hydrogens is 1050 g/mol. The van der Waals surface area contributed by atoms with Crippen molar-refractivity contribution in [1.82, 2.24) is 0 Å². The molecular formula is C73H142NO8P. The van der Waals surface area contributed by atoms with Crippen molar-refractivity contribution in [3.05, 3.63) is 24.3 Å². The van der Waals surface area contributed by atoms with E-state index in [1.807, 2.05) is 0 Å². The molecule has 0 aliphatic rings. The molecule has 0 amide bonds. The number of rotatable bonds is 71. The number of unbranched alkanes of at least 4 members (excludes halogenated alkanes) is 54. The molecule has 0 aromatic carbocycles. The number of carbonyl (C=O) groups excluding carboxylic acids is 2. The van der Waals surface area contributed by atoms with E-state index in [9.17, 15) is 19.0 Å². The van der Waals surface area contributed by atoms with Crippen molar-refractivity contribution in [2.45, 2.75) is 405 Å². The number of hydrogen-bond donors (Lipinski definition) is 2. The van der Waals surface area contributed by atoms with Gasteiger partial charge in [-0.2, -0.15) is 0 Å². The fourth-order valence-corrected chi connectivity index (χ4v) is 12.1. The third-order valence-electron chi connectivity index (χ3n) is 16.8.